The smallest absolute Gasteiger partial charge is 0.224 e. The van der Waals surface area contributed by atoms with Crippen LogP contribution in [0, 0.1) is 0 Å². The molecule has 2 aromatic rings. The van der Waals surface area contributed by atoms with Gasteiger partial charge in [0.15, 0.2) is 12.4 Å². The molecule has 118 valence electrons. The van der Waals surface area contributed by atoms with E-state index >= 15 is 0 Å². The highest BCUT2D eigenvalue weighted by molar-refractivity contribution is 6.35. The predicted octanol–water partition coefficient (Wildman–Crippen LogP) is 4.14. The standard InChI is InChI=1S/C17H13Cl2NO3/c18-12-3-5-16(13(19)8-12)23-9-15(21)11-1-4-14-10(7-11)2-6-17(22)20-14/h1,3-5,7-8H,2,6,9H2,(H,20,22). The number of amides is 1. The normalized spacial score (nSPS) is 13.2. The van der Waals surface area contributed by atoms with Crippen molar-refractivity contribution in [2.45, 2.75) is 12.8 Å². The fraction of sp³-hybridized carbons (Fsp3) is 0.176. The molecule has 1 aliphatic heterocycles. The molecule has 2 aromatic carbocycles. The summed E-state index contributed by atoms with van der Waals surface area (Å²) in [4.78, 5) is 23.6. The first kappa shape index (κ1) is 15.8. The lowest BCUT2D eigenvalue weighted by molar-refractivity contribution is -0.116. The summed E-state index contributed by atoms with van der Waals surface area (Å²) in [6.07, 6.45) is 1.06. The van der Waals surface area contributed by atoms with Gasteiger partial charge in [0.2, 0.25) is 5.91 Å². The molecule has 23 heavy (non-hydrogen) atoms. The van der Waals surface area contributed by atoms with Gasteiger partial charge in [-0.1, -0.05) is 23.2 Å². The number of fused-ring (bicyclic) bond motifs is 1. The van der Waals surface area contributed by atoms with E-state index in [4.69, 9.17) is 27.9 Å². The molecule has 1 heterocycles. The van der Waals surface area contributed by atoms with Gasteiger partial charge in [-0.05, 0) is 48.4 Å². The minimum absolute atomic E-state index is 0.00251. The van der Waals surface area contributed by atoms with Crippen molar-refractivity contribution in [3.8, 4) is 5.75 Å². The van der Waals surface area contributed by atoms with Crippen molar-refractivity contribution < 1.29 is 14.3 Å². The molecular weight excluding hydrogens is 337 g/mol. The van der Waals surface area contributed by atoms with Gasteiger partial charge < -0.3 is 10.1 Å². The lowest BCUT2D eigenvalue weighted by Gasteiger charge is -2.17. The number of carbonyl (C=O) groups excluding carboxylic acids is 2. The van der Waals surface area contributed by atoms with Gasteiger partial charge in [0, 0.05) is 22.7 Å². The molecule has 1 amide bonds. The van der Waals surface area contributed by atoms with Crippen molar-refractivity contribution in [3.63, 3.8) is 0 Å². The monoisotopic (exact) mass is 349 g/mol. The fourth-order valence-corrected chi connectivity index (χ4v) is 2.84. The van der Waals surface area contributed by atoms with Crippen LogP contribution in [0.15, 0.2) is 36.4 Å². The maximum atomic E-state index is 12.3. The largest absolute Gasteiger partial charge is 0.484 e. The summed E-state index contributed by atoms with van der Waals surface area (Å²) in [5.74, 6) is 0.252. The average Bonchev–Trinajstić information content (AvgIpc) is 2.53. The van der Waals surface area contributed by atoms with Crippen molar-refractivity contribution in [1.29, 1.82) is 0 Å². The Hall–Kier alpha value is -2.04. The quantitative estimate of drug-likeness (QED) is 0.844. The number of ketones is 1. The summed E-state index contributed by atoms with van der Waals surface area (Å²) < 4.78 is 5.46. The van der Waals surface area contributed by atoms with Crippen molar-refractivity contribution in [2.24, 2.45) is 0 Å². The zero-order valence-corrected chi connectivity index (χ0v) is 13.6. The molecule has 1 aliphatic rings. The molecule has 0 spiro atoms. The van der Waals surface area contributed by atoms with Gasteiger partial charge in [0.25, 0.3) is 0 Å². The molecule has 0 atom stereocenters. The van der Waals surface area contributed by atoms with Gasteiger partial charge in [0.1, 0.15) is 5.75 Å². The number of aryl methyl sites for hydroxylation is 1. The summed E-state index contributed by atoms with van der Waals surface area (Å²) in [6, 6.07) is 10.1. The molecule has 0 radical (unpaired) electrons. The van der Waals surface area contributed by atoms with Gasteiger partial charge in [0.05, 0.1) is 5.02 Å². The Kier molecular flexibility index (Phi) is 4.55. The zero-order chi connectivity index (χ0) is 16.4. The second kappa shape index (κ2) is 6.60. The Morgan fingerprint density at radius 1 is 1.13 bits per heavy atom. The number of nitrogens with one attached hydrogen (secondary N) is 1. The maximum Gasteiger partial charge on any atom is 0.224 e. The lowest BCUT2D eigenvalue weighted by Crippen LogP contribution is -2.20. The molecule has 0 aliphatic carbocycles. The van der Waals surface area contributed by atoms with Crippen LogP contribution >= 0.6 is 23.2 Å². The first-order valence-electron chi connectivity index (χ1n) is 7.07. The topological polar surface area (TPSA) is 55.4 Å². The van der Waals surface area contributed by atoms with E-state index in [0.29, 0.717) is 34.2 Å². The lowest BCUT2D eigenvalue weighted by atomic mass is 9.99. The summed E-state index contributed by atoms with van der Waals surface area (Å²) >= 11 is 11.8. The van der Waals surface area contributed by atoms with Crippen molar-refractivity contribution in [2.75, 3.05) is 11.9 Å². The van der Waals surface area contributed by atoms with Crippen LogP contribution in [0.3, 0.4) is 0 Å². The van der Waals surface area contributed by atoms with Crippen LogP contribution < -0.4 is 10.1 Å². The molecule has 0 saturated heterocycles. The van der Waals surface area contributed by atoms with Crippen molar-refractivity contribution in [1.82, 2.24) is 0 Å². The third-order valence-electron chi connectivity index (χ3n) is 3.58. The highest BCUT2D eigenvalue weighted by Crippen LogP contribution is 2.28. The minimum atomic E-state index is -0.157. The van der Waals surface area contributed by atoms with E-state index in [0.717, 1.165) is 11.3 Å². The number of benzene rings is 2. The van der Waals surface area contributed by atoms with E-state index in [1.807, 2.05) is 0 Å². The van der Waals surface area contributed by atoms with Crippen LogP contribution in [0.5, 0.6) is 5.75 Å². The highest BCUT2D eigenvalue weighted by Gasteiger charge is 2.17. The molecule has 1 N–H and O–H groups in total. The summed E-state index contributed by atoms with van der Waals surface area (Å²) in [7, 11) is 0. The Morgan fingerprint density at radius 2 is 1.96 bits per heavy atom. The highest BCUT2D eigenvalue weighted by atomic mass is 35.5. The van der Waals surface area contributed by atoms with E-state index < -0.39 is 0 Å². The number of rotatable bonds is 4. The number of Topliss-reactive ketones (excluding diaryl/α,β-unsaturated/α-hetero) is 1. The summed E-state index contributed by atoms with van der Waals surface area (Å²) in [5, 5.41) is 3.65. The summed E-state index contributed by atoms with van der Waals surface area (Å²) in [6.45, 7) is -0.119. The van der Waals surface area contributed by atoms with E-state index in [1.165, 1.54) is 0 Å². The molecule has 0 saturated carbocycles. The number of ether oxygens (including phenoxy) is 1. The van der Waals surface area contributed by atoms with Gasteiger partial charge in [-0.15, -0.1) is 0 Å². The predicted molar refractivity (Wildman–Crippen MR) is 89.7 cm³/mol. The van der Waals surface area contributed by atoms with Crippen LogP contribution in [0.1, 0.15) is 22.3 Å². The number of halogens is 2. The van der Waals surface area contributed by atoms with Gasteiger partial charge >= 0.3 is 0 Å². The first-order valence-corrected chi connectivity index (χ1v) is 7.82. The van der Waals surface area contributed by atoms with Crippen LogP contribution in [0.4, 0.5) is 5.69 Å². The number of hydrogen-bond donors (Lipinski definition) is 1. The van der Waals surface area contributed by atoms with E-state index in [-0.39, 0.29) is 18.3 Å². The maximum absolute atomic E-state index is 12.3. The van der Waals surface area contributed by atoms with E-state index in [9.17, 15) is 9.59 Å². The Labute approximate surface area is 143 Å². The number of hydrogen-bond acceptors (Lipinski definition) is 3. The van der Waals surface area contributed by atoms with Gasteiger partial charge in [-0.25, -0.2) is 0 Å². The Bertz CT molecular complexity index is 789. The third-order valence-corrected chi connectivity index (χ3v) is 4.11. The molecule has 4 nitrogen and oxygen atoms in total. The molecular formula is C17H13Cl2NO3. The second-order valence-electron chi connectivity index (χ2n) is 5.21. The van der Waals surface area contributed by atoms with Crippen LogP contribution in [-0.4, -0.2) is 18.3 Å². The first-order chi connectivity index (χ1) is 11.0. The molecule has 6 heteroatoms. The molecule has 0 unspecified atom stereocenters. The molecule has 0 aromatic heterocycles. The third kappa shape index (κ3) is 3.66. The Morgan fingerprint density at radius 3 is 2.74 bits per heavy atom. The van der Waals surface area contributed by atoms with Crippen LogP contribution in [0.25, 0.3) is 0 Å². The van der Waals surface area contributed by atoms with Crippen molar-refractivity contribution >= 4 is 40.6 Å². The van der Waals surface area contributed by atoms with Crippen molar-refractivity contribution in [3.05, 3.63) is 57.6 Å². The molecule has 3 rings (SSSR count). The second-order valence-corrected chi connectivity index (χ2v) is 6.05. The minimum Gasteiger partial charge on any atom is -0.484 e. The zero-order valence-electron chi connectivity index (χ0n) is 12.1. The number of anilines is 1. The average molecular weight is 350 g/mol. The van der Waals surface area contributed by atoms with Crippen LogP contribution in [-0.2, 0) is 11.2 Å². The van der Waals surface area contributed by atoms with Gasteiger partial charge in [-0.3, -0.25) is 9.59 Å². The molecule has 0 fully saturated rings. The van der Waals surface area contributed by atoms with Gasteiger partial charge in [-0.2, -0.15) is 0 Å². The van der Waals surface area contributed by atoms with E-state index in [2.05, 4.69) is 5.32 Å². The SMILES string of the molecule is O=C1CCc2cc(C(=O)COc3ccc(Cl)cc3Cl)ccc2N1. The van der Waals surface area contributed by atoms with Crippen LogP contribution in [0.2, 0.25) is 10.0 Å². The summed E-state index contributed by atoms with van der Waals surface area (Å²) in [5.41, 5.74) is 2.27. The fourth-order valence-electron chi connectivity index (χ4n) is 2.38. The number of carbonyl (C=O) groups is 2. The molecule has 0 bridgehead atoms. The Balaban J connectivity index is 1.70. The van der Waals surface area contributed by atoms with E-state index in [1.54, 1.807) is 36.4 Å².